The van der Waals surface area contributed by atoms with Gasteiger partial charge in [0.1, 0.15) is 6.10 Å². The first-order chi connectivity index (χ1) is 14.0. The van der Waals surface area contributed by atoms with Crippen LogP contribution in [0.3, 0.4) is 0 Å². The van der Waals surface area contributed by atoms with Crippen molar-refractivity contribution >= 4 is 17.6 Å². The maximum Gasteiger partial charge on any atom is 0.501 e. The number of epoxide rings is 1. The van der Waals surface area contributed by atoms with E-state index in [9.17, 15) is 0 Å². The maximum atomic E-state index is 5.76. The van der Waals surface area contributed by atoms with Gasteiger partial charge in [0.25, 0.3) is 0 Å². The molecule has 0 amide bonds. The Morgan fingerprint density at radius 2 is 1.31 bits per heavy atom. The lowest BCUT2D eigenvalue weighted by Gasteiger charge is -2.28. The molecular formula is C18H43NO8Si2. The topological polar surface area (TPSA) is 103 Å². The molecule has 0 aromatic rings. The smallest absolute Gasteiger partial charge is 0.379 e. The van der Waals surface area contributed by atoms with Crippen molar-refractivity contribution in [3.05, 3.63) is 0 Å². The van der Waals surface area contributed by atoms with Crippen LogP contribution in [0.15, 0.2) is 0 Å². The first kappa shape index (κ1) is 29.1. The molecule has 0 bridgehead atoms. The number of hydrogen-bond acceptors (Lipinski definition) is 9. The quantitative estimate of drug-likeness (QED) is 0.188. The number of nitrogens with two attached hydrogens (primary N) is 1. The summed E-state index contributed by atoms with van der Waals surface area (Å²) in [6.07, 6.45) is 2.11. The summed E-state index contributed by atoms with van der Waals surface area (Å²) < 4.78 is 43.4. The van der Waals surface area contributed by atoms with Gasteiger partial charge in [-0.05, 0) is 40.2 Å². The van der Waals surface area contributed by atoms with Crippen molar-refractivity contribution in [2.75, 3.05) is 67.5 Å². The molecule has 29 heavy (non-hydrogen) atoms. The largest absolute Gasteiger partial charge is 0.501 e. The van der Waals surface area contributed by atoms with Gasteiger partial charge in [0.15, 0.2) is 0 Å². The van der Waals surface area contributed by atoms with Crippen LogP contribution in [-0.2, 0) is 36.0 Å². The van der Waals surface area contributed by atoms with Crippen LogP contribution in [0.1, 0.15) is 33.6 Å². The number of hydrogen-bond donors (Lipinski definition) is 1. The van der Waals surface area contributed by atoms with Crippen LogP contribution in [0.4, 0.5) is 0 Å². The van der Waals surface area contributed by atoms with Crippen molar-refractivity contribution in [2.24, 2.45) is 5.73 Å². The van der Waals surface area contributed by atoms with Gasteiger partial charge in [0.05, 0.1) is 13.2 Å². The molecule has 1 rings (SSSR count). The van der Waals surface area contributed by atoms with Gasteiger partial charge in [0.2, 0.25) is 0 Å². The lowest BCUT2D eigenvalue weighted by Crippen LogP contribution is -2.46. The Morgan fingerprint density at radius 1 is 0.828 bits per heavy atom. The summed E-state index contributed by atoms with van der Waals surface area (Å²) in [4.78, 5) is 0. The Hall–Kier alpha value is 0.0738. The van der Waals surface area contributed by atoms with E-state index in [0.29, 0.717) is 45.7 Å². The molecule has 1 aliphatic heterocycles. The van der Waals surface area contributed by atoms with Gasteiger partial charge in [-0.1, -0.05) is 0 Å². The fraction of sp³-hybridized carbons (Fsp3) is 1.00. The maximum absolute atomic E-state index is 5.76. The van der Waals surface area contributed by atoms with Gasteiger partial charge in [-0.3, -0.25) is 0 Å². The Labute approximate surface area is 179 Å². The molecule has 0 saturated carbocycles. The summed E-state index contributed by atoms with van der Waals surface area (Å²) in [5.41, 5.74) is 5.36. The summed E-state index contributed by atoms with van der Waals surface area (Å²) in [6, 6.07) is 1.60. The third-order valence-electron chi connectivity index (χ3n) is 4.19. The molecule has 0 spiro atoms. The average molecular weight is 458 g/mol. The Balaban J connectivity index is 0.000000614. The van der Waals surface area contributed by atoms with Crippen molar-refractivity contribution in [1.29, 1.82) is 0 Å². The summed E-state index contributed by atoms with van der Waals surface area (Å²) in [5.74, 6) is 0. The Kier molecular flexibility index (Phi) is 17.8. The lowest BCUT2D eigenvalue weighted by atomic mass is 10.5. The molecule has 1 atom stereocenters. The Morgan fingerprint density at radius 3 is 1.69 bits per heavy atom. The van der Waals surface area contributed by atoms with E-state index in [1.54, 1.807) is 21.3 Å². The molecule has 0 aromatic heterocycles. The van der Waals surface area contributed by atoms with Crippen molar-refractivity contribution in [1.82, 2.24) is 0 Å². The van der Waals surface area contributed by atoms with E-state index < -0.39 is 17.6 Å². The van der Waals surface area contributed by atoms with E-state index in [-0.39, 0.29) is 0 Å². The van der Waals surface area contributed by atoms with Crippen LogP contribution < -0.4 is 5.73 Å². The zero-order valence-corrected chi connectivity index (χ0v) is 21.2. The average Bonchev–Trinajstić information content (AvgIpc) is 3.55. The minimum Gasteiger partial charge on any atom is -0.379 e. The van der Waals surface area contributed by atoms with Crippen molar-refractivity contribution in [2.45, 2.75) is 51.8 Å². The van der Waals surface area contributed by atoms with Crippen LogP contribution >= 0.6 is 0 Å². The molecule has 1 heterocycles. The molecule has 1 aliphatic rings. The van der Waals surface area contributed by atoms with Gasteiger partial charge < -0.3 is 41.8 Å². The second-order valence-electron chi connectivity index (χ2n) is 6.30. The predicted octanol–water partition coefficient (Wildman–Crippen LogP) is 2.05. The third kappa shape index (κ3) is 13.2. The van der Waals surface area contributed by atoms with Gasteiger partial charge in [-0.25, -0.2) is 0 Å². The second-order valence-corrected chi connectivity index (χ2v) is 12.1. The van der Waals surface area contributed by atoms with Crippen LogP contribution in [-0.4, -0.2) is 91.2 Å². The van der Waals surface area contributed by atoms with E-state index in [1.165, 1.54) is 0 Å². The fourth-order valence-electron chi connectivity index (χ4n) is 2.65. The van der Waals surface area contributed by atoms with Gasteiger partial charge in [0, 0.05) is 59.8 Å². The first-order valence-electron chi connectivity index (χ1n) is 10.5. The highest BCUT2D eigenvalue weighted by atomic mass is 28.4. The highest BCUT2D eigenvalue weighted by Gasteiger charge is 2.39. The summed E-state index contributed by atoms with van der Waals surface area (Å²) in [5, 5.41) is 0. The molecule has 0 radical (unpaired) electrons. The zero-order valence-electron chi connectivity index (χ0n) is 19.2. The van der Waals surface area contributed by atoms with Crippen molar-refractivity contribution < 1.29 is 36.0 Å². The summed E-state index contributed by atoms with van der Waals surface area (Å²) in [7, 11) is 0.0339. The molecule has 1 fully saturated rings. The second kappa shape index (κ2) is 17.7. The fourth-order valence-corrected chi connectivity index (χ4v) is 6.98. The van der Waals surface area contributed by atoms with Crippen molar-refractivity contribution in [3.8, 4) is 0 Å². The normalized spacial score (nSPS) is 16.4. The zero-order chi connectivity index (χ0) is 22.0. The predicted molar refractivity (Wildman–Crippen MR) is 116 cm³/mol. The number of rotatable bonds is 18. The molecule has 0 aliphatic carbocycles. The van der Waals surface area contributed by atoms with E-state index in [4.69, 9.17) is 41.8 Å². The standard InChI is InChI=1S/C12H26O5Si.C6H17NO3Si/c1-4-15-18(16-5-2,17-6-3)9-7-8-13-10-12-11-14-12;1-8-11(9-2,10-3)6-4-5-7/h12H,4-11H2,1-3H3;4-7H2,1-3H3. The molecule has 176 valence electrons. The molecule has 1 saturated heterocycles. The number of ether oxygens (including phenoxy) is 2. The van der Waals surface area contributed by atoms with Crippen LogP contribution in [0.25, 0.3) is 0 Å². The SMILES string of the molecule is CCO[Si](CCCOCC1CO1)(OCC)OCC.CO[Si](CCCN)(OC)OC. The summed E-state index contributed by atoms with van der Waals surface area (Å²) >= 11 is 0. The third-order valence-corrected chi connectivity index (χ3v) is 10.2. The molecular weight excluding hydrogens is 414 g/mol. The summed E-state index contributed by atoms with van der Waals surface area (Å²) in [6.45, 7) is 10.7. The van der Waals surface area contributed by atoms with Crippen molar-refractivity contribution in [3.63, 3.8) is 0 Å². The van der Waals surface area contributed by atoms with E-state index >= 15 is 0 Å². The molecule has 0 aromatic carbocycles. The van der Waals surface area contributed by atoms with Gasteiger partial charge in [-0.2, -0.15) is 0 Å². The van der Waals surface area contributed by atoms with Crippen LogP contribution in [0.5, 0.6) is 0 Å². The Bertz CT molecular complexity index is 348. The van der Waals surface area contributed by atoms with E-state index in [0.717, 1.165) is 31.5 Å². The molecule has 9 nitrogen and oxygen atoms in total. The van der Waals surface area contributed by atoms with E-state index in [2.05, 4.69) is 0 Å². The van der Waals surface area contributed by atoms with E-state index in [1.807, 2.05) is 20.8 Å². The molecule has 2 N–H and O–H groups in total. The molecule has 11 heteroatoms. The minimum absolute atomic E-state index is 0.331. The van der Waals surface area contributed by atoms with Crippen LogP contribution in [0.2, 0.25) is 12.1 Å². The highest BCUT2D eigenvalue weighted by molar-refractivity contribution is 6.61. The van der Waals surface area contributed by atoms with Gasteiger partial charge in [-0.15, -0.1) is 0 Å². The molecule has 1 unspecified atom stereocenters. The highest BCUT2D eigenvalue weighted by Crippen LogP contribution is 2.18. The monoisotopic (exact) mass is 457 g/mol. The first-order valence-corrected chi connectivity index (χ1v) is 14.3. The minimum atomic E-state index is -2.47. The van der Waals surface area contributed by atoms with Gasteiger partial charge >= 0.3 is 17.6 Å². The lowest BCUT2D eigenvalue weighted by molar-refractivity contribution is 0.0648. The van der Waals surface area contributed by atoms with Crippen LogP contribution in [0, 0.1) is 0 Å².